The van der Waals surface area contributed by atoms with Crippen LogP contribution in [0.1, 0.15) is 10.6 Å². The van der Waals surface area contributed by atoms with Crippen LogP contribution in [0.4, 0.5) is 5.95 Å². The molecule has 0 saturated carbocycles. The molecule has 0 fully saturated rings. The molecule has 0 saturated heterocycles. The second-order valence-electron chi connectivity index (χ2n) is 3.61. The lowest BCUT2D eigenvalue weighted by atomic mass is 10.3. The Balaban J connectivity index is 2.38. The molecule has 0 atom stereocenters. The van der Waals surface area contributed by atoms with Crippen molar-refractivity contribution in [2.75, 3.05) is 19.0 Å². The minimum Gasteiger partial charge on any atom is -0.475 e. The largest absolute Gasteiger partial charge is 0.475 e. The summed E-state index contributed by atoms with van der Waals surface area (Å²) in [4.78, 5) is 20.7. The van der Waals surface area contributed by atoms with Crippen molar-refractivity contribution in [2.45, 2.75) is 0 Å². The Bertz CT molecular complexity index is 548. The quantitative estimate of drug-likeness (QED) is 0.865. The molecule has 0 aliphatic rings. The number of aromatic carboxylic acids is 1. The normalized spacial score (nSPS) is 10.2. The summed E-state index contributed by atoms with van der Waals surface area (Å²) in [5.41, 5.74) is 0.552. The van der Waals surface area contributed by atoms with E-state index in [0.29, 0.717) is 17.4 Å². The first-order valence-corrected chi connectivity index (χ1v) is 4.92. The zero-order valence-electron chi connectivity index (χ0n) is 9.41. The van der Waals surface area contributed by atoms with E-state index in [9.17, 15) is 4.79 Å². The van der Waals surface area contributed by atoms with Crippen LogP contribution in [0.25, 0.3) is 11.5 Å². The van der Waals surface area contributed by atoms with Crippen LogP contribution in [0.5, 0.6) is 0 Å². The molecule has 88 valence electrons. The lowest BCUT2D eigenvalue weighted by Crippen LogP contribution is -2.12. The fourth-order valence-electron chi connectivity index (χ4n) is 1.29. The lowest BCUT2D eigenvalue weighted by Gasteiger charge is -2.09. The average molecular weight is 233 g/mol. The monoisotopic (exact) mass is 233 g/mol. The fraction of sp³-hybridized carbons (Fsp3) is 0.182. The number of anilines is 1. The standard InChI is InChI=1S/C11H11N3O3/c1-14(2)11-12-6-5-7(13-11)8-3-4-9(17-8)10(15)16/h3-6H,1-2H3,(H,15,16). The molecule has 0 aliphatic heterocycles. The van der Waals surface area contributed by atoms with Gasteiger partial charge in [-0.2, -0.15) is 0 Å². The van der Waals surface area contributed by atoms with E-state index in [1.807, 2.05) is 14.1 Å². The molecule has 0 radical (unpaired) electrons. The van der Waals surface area contributed by atoms with Gasteiger partial charge >= 0.3 is 5.97 Å². The first-order valence-electron chi connectivity index (χ1n) is 4.92. The molecule has 1 N–H and O–H groups in total. The molecule has 2 rings (SSSR count). The summed E-state index contributed by atoms with van der Waals surface area (Å²) in [5.74, 6) is -0.258. The predicted octanol–water partition coefficient (Wildman–Crippen LogP) is 1.50. The Morgan fingerprint density at radius 3 is 2.71 bits per heavy atom. The molecule has 0 bridgehead atoms. The summed E-state index contributed by atoms with van der Waals surface area (Å²) in [5, 5.41) is 8.75. The van der Waals surface area contributed by atoms with Crippen LogP contribution in [0.2, 0.25) is 0 Å². The number of nitrogens with zero attached hydrogens (tertiary/aromatic N) is 3. The molecule has 0 amide bonds. The van der Waals surface area contributed by atoms with Gasteiger partial charge in [0.05, 0.1) is 0 Å². The third kappa shape index (κ3) is 2.25. The lowest BCUT2D eigenvalue weighted by molar-refractivity contribution is 0.0663. The van der Waals surface area contributed by atoms with Crippen molar-refractivity contribution < 1.29 is 14.3 Å². The molecular formula is C11H11N3O3. The van der Waals surface area contributed by atoms with E-state index in [4.69, 9.17) is 9.52 Å². The van der Waals surface area contributed by atoms with E-state index >= 15 is 0 Å². The average Bonchev–Trinajstić information content (AvgIpc) is 2.78. The van der Waals surface area contributed by atoms with E-state index in [1.165, 1.54) is 6.07 Å². The highest BCUT2D eigenvalue weighted by atomic mass is 16.4. The van der Waals surface area contributed by atoms with Crippen molar-refractivity contribution in [3.8, 4) is 11.5 Å². The van der Waals surface area contributed by atoms with Crippen LogP contribution in [0.3, 0.4) is 0 Å². The molecule has 6 heteroatoms. The van der Waals surface area contributed by atoms with Crippen LogP contribution in [0.15, 0.2) is 28.8 Å². The molecule has 0 unspecified atom stereocenters. The maximum Gasteiger partial charge on any atom is 0.371 e. The number of carbonyl (C=O) groups is 1. The fourth-order valence-corrected chi connectivity index (χ4v) is 1.29. The van der Waals surface area contributed by atoms with Gasteiger partial charge in [-0.05, 0) is 18.2 Å². The third-order valence-corrected chi connectivity index (χ3v) is 2.11. The zero-order valence-corrected chi connectivity index (χ0v) is 9.41. The van der Waals surface area contributed by atoms with E-state index in [2.05, 4.69) is 9.97 Å². The number of rotatable bonds is 3. The smallest absolute Gasteiger partial charge is 0.371 e. The highest BCUT2D eigenvalue weighted by Gasteiger charge is 2.12. The van der Waals surface area contributed by atoms with Crippen molar-refractivity contribution in [3.63, 3.8) is 0 Å². The van der Waals surface area contributed by atoms with Crippen molar-refractivity contribution in [1.29, 1.82) is 0 Å². The number of furan rings is 1. The maximum absolute atomic E-state index is 10.7. The van der Waals surface area contributed by atoms with Crippen molar-refractivity contribution >= 4 is 11.9 Å². The summed E-state index contributed by atoms with van der Waals surface area (Å²) in [6, 6.07) is 4.64. The Morgan fingerprint density at radius 2 is 2.12 bits per heavy atom. The number of aromatic nitrogens is 2. The van der Waals surface area contributed by atoms with Crippen LogP contribution < -0.4 is 4.90 Å². The summed E-state index contributed by atoms with van der Waals surface area (Å²) in [7, 11) is 3.65. The molecule has 17 heavy (non-hydrogen) atoms. The van der Waals surface area contributed by atoms with Gasteiger partial charge in [0.2, 0.25) is 11.7 Å². The Labute approximate surface area is 97.5 Å². The summed E-state index contributed by atoms with van der Waals surface area (Å²) >= 11 is 0. The van der Waals surface area contributed by atoms with E-state index in [-0.39, 0.29) is 5.76 Å². The SMILES string of the molecule is CN(C)c1nccc(-c2ccc(C(=O)O)o2)n1. The number of hydrogen-bond acceptors (Lipinski definition) is 5. The molecule has 2 aromatic heterocycles. The number of hydrogen-bond donors (Lipinski definition) is 1. The van der Waals surface area contributed by atoms with E-state index in [0.717, 1.165) is 0 Å². The molecular weight excluding hydrogens is 222 g/mol. The Hall–Kier alpha value is -2.37. The minimum atomic E-state index is -1.10. The summed E-state index contributed by atoms with van der Waals surface area (Å²) in [6.45, 7) is 0. The molecule has 2 heterocycles. The number of carboxylic acids is 1. The van der Waals surface area contributed by atoms with Crippen LogP contribution in [-0.2, 0) is 0 Å². The van der Waals surface area contributed by atoms with Gasteiger partial charge in [-0.25, -0.2) is 14.8 Å². The van der Waals surface area contributed by atoms with E-state index in [1.54, 1.807) is 23.2 Å². The molecule has 0 aromatic carbocycles. The Morgan fingerprint density at radius 1 is 1.35 bits per heavy atom. The van der Waals surface area contributed by atoms with Crippen molar-refractivity contribution in [1.82, 2.24) is 9.97 Å². The first kappa shape index (κ1) is 11.1. The molecule has 2 aromatic rings. The van der Waals surface area contributed by atoms with Crippen LogP contribution >= 0.6 is 0 Å². The molecule has 0 aliphatic carbocycles. The maximum atomic E-state index is 10.7. The highest BCUT2D eigenvalue weighted by molar-refractivity contribution is 5.85. The molecule has 0 spiro atoms. The molecule has 6 nitrogen and oxygen atoms in total. The zero-order chi connectivity index (χ0) is 12.4. The topological polar surface area (TPSA) is 79.5 Å². The van der Waals surface area contributed by atoms with Gasteiger partial charge in [0, 0.05) is 20.3 Å². The van der Waals surface area contributed by atoms with Gasteiger partial charge in [-0.1, -0.05) is 0 Å². The van der Waals surface area contributed by atoms with Gasteiger partial charge in [-0.15, -0.1) is 0 Å². The van der Waals surface area contributed by atoms with Crippen LogP contribution in [0, 0.1) is 0 Å². The summed E-state index contributed by atoms with van der Waals surface area (Å²) < 4.78 is 5.16. The van der Waals surface area contributed by atoms with Crippen molar-refractivity contribution in [3.05, 3.63) is 30.2 Å². The summed E-state index contributed by atoms with van der Waals surface area (Å²) in [6.07, 6.45) is 1.60. The first-order chi connectivity index (χ1) is 8.08. The van der Waals surface area contributed by atoms with Gasteiger partial charge in [0.15, 0.2) is 5.76 Å². The number of carboxylic acid groups (broad SMARTS) is 1. The van der Waals surface area contributed by atoms with Gasteiger partial charge in [0.25, 0.3) is 0 Å². The minimum absolute atomic E-state index is 0.106. The second kappa shape index (κ2) is 4.25. The van der Waals surface area contributed by atoms with Crippen LogP contribution in [-0.4, -0.2) is 35.1 Å². The van der Waals surface area contributed by atoms with Gasteiger partial charge in [0.1, 0.15) is 5.69 Å². The van der Waals surface area contributed by atoms with Gasteiger partial charge < -0.3 is 14.4 Å². The predicted molar refractivity (Wildman–Crippen MR) is 61.0 cm³/mol. The Kier molecular flexibility index (Phi) is 2.78. The second-order valence-corrected chi connectivity index (χ2v) is 3.61. The highest BCUT2D eigenvalue weighted by Crippen LogP contribution is 2.21. The van der Waals surface area contributed by atoms with Gasteiger partial charge in [-0.3, -0.25) is 0 Å². The van der Waals surface area contributed by atoms with Crippen molar-refractivity contribution in [2.24, 2.45) is 0 Å². The third-order valence-electron chi connectivity index (χ3n) is 2.11. The van der Waals surface area contributed by atoms with E-state index < -0.39 is 5.97 Å².